The van der Waals surface area contributed by atoms with Crippen LogP contribution in [0.2, 0.25) is 0 Å². The van der Waals surface area contributed by atoms with E-state index in [0.29, 0.717) is 23.9 Å². The molecule has 3 fully saturated rings. The van der Waals surface area contributed by atoms with Gasteiger partial charge < -0.3 is 24.3 Å². The minimum Gasteiger partial charge on any atom is -0.461 e. The average Bonchev–Trinajstić information content (AvgIpc) is 3.51. The highest BCUT2D eigenvalue weighted by atomic mass is 16.5. The van der Waals surface area contributed by atoms with Crippen LogP contribution in [-0.2, 0) is 27.4 Å². The van der Waals surface area contributed by atoms with Crippen molar-refractivity contribution in [3.8, 4) is 11.4 Å². The molecule has 2 aromatic heterocycles. The number of aryl methyl sites for hydroxylation is 1. The first-order valence-corrected chi connectivity index (χ1v) is 14.3. The van der Waals surface area contributed by atoms with Gasteiger partial charge >= 0.3 is 5.97 Å². The molecular weight excluding hydrogens is 480 g/mol. The van der Waals surface area contributed by atoms with Crippen LogP contribution in [0.25, 0.3) is 22.4 Å². The van der Waals surface area contributed by atoms with Crippen LogP contribution in [0, 0.1) is 18.8 Å². The van der Waals surface area contributed by atoms with E-state index < -0.39 is 0 Å². The fraction of sp³-hybridized carbons (Fsp3) is 0.567. The minimum absolute atomic E-state index is 0.0779. The van der Waals surface area contributed by atoms with Gasteiger partial charge in [0.2, 0.25) is 0 Å². The van der Waals surface area contributed by atoms with E-state index in [1.54, 1.807) is 6.20 Å². The number of carbonyl (C=O) groups is 1. The zero-order chi connectivity index (χ0) is 26.1. The summed E-state index contributed by atoms with van der Waals surface area (Å²) in [5.41, 5.74) is 4.61. The Labute approximate surface area is 223 Å². The molecule has 0 radical (unpaired) electrons. The molecule has 1 aliphatic heterocycles. The Morgan fingerprint density at radius 2 is 1.95 bits per heavy atom. The van der Waals surface area contributed by atoms with Crippen molar-refractivity contribution < 1.29 is 14.3 Å². The van der Waals surface area contributed by atoms with Gasteiger partial charge in [-0.15, -0.1) is 0 Å². The lowest BCUT2D eigenvalue weighted by Crippen LogP contribution is -2.40. The van der Waals surface area contributed by atoms with Crippen molar-refractivity contribution in [1.82, 2.24) is 19.9 Å². The van der Waals surface area contributed by atoms with E-state index in [0.717, 1.165) is 99.1 Å². The van der Waals surface area contributed by atoms with E-state index in [1.807, 2.05) is 13.0 Å². The summed E-state index contributed by atoms with van der Waals surface area (Å²) in [6, 6.07) is 8.07. The van der Waals surface area contributed by atoms with E-state index in [4.69, 9.17) is 14.5 Å². The quantitative estimate of drug-likeness (QED) is 0.406. The maximum Gasteiger partial charge on any atom is 0.323 e. The molecule has 6 rings (SSSR count). The zero-order valence-corrected chi connectivity index (χ0v) is 22.2. The van der Waals surface area contributed by atoms with Crippen molar-refractivity contribution >= 4 is 17.0 Å². The number of hydrogen-bond donors (Lipinski definition) is 2. The Morgan fingerprint density at radius 3 is 2.68 bits per heavy atom. The van der Waals surface area contributed by atoms with Crippen molar-refractivity contribution in [1.29, 1.82) is 0 Å². The van der Waals surface area contributed by atoms with Crippen LogP contribution in [0.1, 0.15) is 62.5 Å². The van der Waals surface area contributed by atoms with Gasteiger partial charge in [-0.2, -0.15) is 0 Å². The van der Waals surface area contributed by atoms with Crippen LogP contribution >= 0.6 is 0 Å². The van der Waals surface area contributed by atoms with Crippen LogP contribution in [0.15, 0.2) is 35.3 Å². The number of aromatic amines is 1. The van der Waals surface area contributed by atoms with Gasteiger partial charge in [-0.3, -0.25) is 9.59 Å². The number of hydrogen-bond acceptors (Lipinski definition) is 6. The van der Waals surface area contributed by atoms with E-state index in [1.165, 1.54) is 0 Å². The molecule has 8 heteroatoms. The lowest BCUT2D eigenvalue weighted by Gasteiger charge is -2.23. The molecule has 202 valence electrons. The fourth-order valence-electron chi connectivity index (χ4n) is 5.95. The Balaban J connectivity index is 1.25. The van der Waals surface area contributed by atoms with E-state index in [2.05, 4.69) is 33.1 Å². The van der Waals surface area contributed by atoms with Crippen LogP contribution in [0.3, 0.4) is 0 Å². The topological polar surface area (TPSA) is 98.2 Å². The van der Waals surface area contributed by atoms with Gasteiger partial charge in [-0.05, 0) is 93.9 Å². The molecule has 38 heavy (non-hydrogen) atoms. The molecule has 3 aliphatic rings. The van der Waals surface area contributed by atoms with Gasteiger partial charge in [-0.25, -0.2) is 4.98 Å². The predicted octanol–water partition coefficient (Wildman–Crippen LogP) is 4.48. The van der Waals surface area contributed by atoms with Crippen molar-refractivity contribution in [3.63, 3.8) is 0 Å². The highest BCUT2D eigenvalue weighted by Gasteiger charge is 2.38. The number of imidazole rings is 1. The molecule has 3 aromatic rings. The van der Waals surface area contributed by atoms with Crippen molar-refractivity contribution in [2.45, 2.75) is 83.5 Å². The summed E-state index contributed by atoms with van der Waals surface area (Å²) in [4.78, 5) is 32.8. The number of rotatable bonds is 9. The van der Waals surface area contributed by atoms with E-state index in [9.17, 15) is 9.59 Å². The van der Waals surface area contributed by atoms with Gasteiger partial charge in [0, 0.05) is 43.6 Å². The minimum atomic E-state index is -0.239. The second-order valence-electron chi connectivity index (χ2n) is 11.4. The Morgan fingerprint density at radius 1 is 1.16 bits per heavy atom. The summed E-state index contributed by atoms with van der Waals surface area (Å²) < 4.78 is 13.7. The summed E-state index contributed by atoms with van der Waals surface area (Å²) in [5, 5.41) is 3.51. The monoisotopic (exact) mass is 518 g/mol. The van der Waals surface area contributed by atoms with Gasteiger partial charge in [-0.1, -0.05) is 6.07 Å². The lowest BCUT2D eigenvalue weighted by atomic mass is 10.00. The van der Waals surface area contributed by atoms with Crippen molar-refractivity contribution in [3.05, 3.63) is 51.9 Å². The summed E-state index contributed by atoms with van der Waals surface area (Å²) in [6.45, 7) is 4.88. The zero-order valence-electron chi connectivity index (χ0n) is 22.2. The molecule has 0 unspecified atom stereocenters. The van der Waals surface area contributed by atoms with Gasteiger partial charge in [0.05, 0.1) is 11.0 Å². The molecular formula is C30H38N4O4. The highest BCUT2D eigenvalue weighted by Crippen LogP contribution is 2.34. The molecule has 2 N–H and O–H groups in total. The third kappa shape index (κ3) is 5.57. The number of nitrogens with zero attached hydrogens (tertiary/aromatic N) is 2. The van der Waals surface area contributed by atoms with E-state index in [-0.39, 0.29) is 23.7 Å². The maximum atomic E-state index is 12.9. The number of esters is 1. The molecule has 8 nitrogen and oxygen atoms in total. The second kappa shape index (κ2) is 11.0. The Bertz CT molecular complexity index is 1350. The summed E-state index contributed by atoms with van der Waals surface area (Å²) >= 11 is 0. The molecule has 1 atom stereocenters. The standard InChI is InChI=1S/C30H38N4O4/c1-19-14-23(17-32-29(19)35)28-33-25-15-21(6-9-26(25)34(28)18-20-10-12-37-13-11-20)16-31-27(22-7-8-22)30(36)38-24-4-2-3-5-24/h6,9,14-15,17,20,22,24,27,31H,2-5,7-8,10-13,16,18H2,1H3,(H,32,35)/t27-/m0/s1. The predicted molar refractivity (Wildman–Crippen MR) is 146 cm³/mol. The first kappa shape index (κ1) is 25.3. The van der Waals surface area contributed by atoms with Crippen molar-refractivity contribution in [2.75, 3.05) is 13.2 Å². The average molecular weight is 519 g/mol. The number of pyridine rings is 1. The highest BCUT2D eigenvalue weighted by molar-refractivity contribution is 5.81. The van der Waals surface area contributed by atoms with Gasteiger partial charge in [0.25, 0.3) is 5.56 Å². The van der Waals surface area contributed by atoms with Crippen LogP contribution in [0.4, 0.5) is 0 Å². The van der Waals surface area contributed by atoms with E-state index >= 15 is 0 Å². The number of aromatic nitrogens is 3. The lowest BCUT2D eigenvalue weighted by molar-refractivity contribution is -0.152. The van der Waals surface area contributed by atoms with Crippen molar-refractivity contribution in [2.24, 2.45) is 11.8 Å². The van der Waals surface area contributed by atoms with Gasteiger partial charge in [0.15, 0.2) is 0 Å². The van der Waals surface area contributed by atoms with Crippen LogP contribution in [0.5, 0.6) is 0 Å². The largest absolute Gasteiger partial charge is 0.461 e. The number of H-pyrrole nitrogens is 1. The smallest absolute Gasteiger partial charge is 0.323 e. The normalized spacial score (nSPS) is 19.7. The Kier molecular flexibility index (Phi) is 7.34. The number of carbonyl (C=O) groups excluding carboxylic acids is 1. The fourth-order valence-corrected chi connectivity index (χ4v) is 5.95. The number of nitrogens with one attached hydrogen (secondary N) is 2. The van der Waals surface area contributed by atoms with Crippen LogP contribution < -0.4 is 10.9 Å². The number of ether oxygens (including phenoxy) is 2. The Hall–Kier alpha value is -2.97. The molecule has 2 saturated carbocycles. The summed E-state index contributed by atoms with van der Waals surface area (Å²) in [5.74, 6) is 1.68. The second-order valence-corrected chi connectivity index (χ2v) is 11.4. The summed E-state index contributed by atoms with van der Waals surface area (Å²) in [6.07, 6.45) is 10.4. The first-order valence-electron chi connectivity index (χ1n) is 14.3. The van der Waals surface area contributed by atoms with Crippen LogP contribution in [-0.4, -0.2) is 45.9 Å². The molecule has 2 aliphatic carbocycles. The SMILES string of the molecule is Cc1cc(-c2nc3cc(CN[C@H](C(=O)OC4CCCC4)C4CC4)ccc3n2CC2CCOCC2)c[nH]c1=O. The molecule has 3 heterocycles. The number of benzene rings is 1. The maximum absolute atomic E-state index is 12.9. The molecule has 0 bridgehead atoms. The summed E-state index contributed by atoms with van der Waals surface area (Å²) in [7, 11) is 0. The number of fused-ring (bicyclic) bond motifs is 1. The molecule has 1 saturated heterocycles. The third-order valence-corrected chi connectivity index (χ3v) is 8.40. The van der Waals surface area contributed by atoms with Gasteiger partial charge in [0.1, 0.15) is 18.0 Å². The molecule has 0 spiro atoms. The molecule has 1 aromatic carbocycles. The molecule has 0 amide bonds. The third-order valence-electron chi connectivity index (χ3n) is 8.40. The first-order chi connectivity index (χ1) is 18.5.